The number of rotatable bonds is 3. The number of halogens is 1. The maximum atomic E-state index is 13.1. The first kappa shape index (κ1) is 13.9. The van der Waals surface area contributed by atoms with Crippen LogP contribution < -0.4 is 0 Å². The number of benzene rings is 2. The van der Waals surface area contributed by atoms with Crippen molar-refractivity contribution in [2.24, 2.45) is 0 Å². The molecule has 0 unspecified atom stereocenters. The van der Waals surface area contributed by atoms with Gasteiger partial charge in [0.15, 0.2) is 0 Å². The standard InChI is InChI=1S/C15H9FN2O4/c16-10-6-5-9(13(7-10)18(21)22)8-17-14(19)11-3-1-2-4-12(11)15(17)20/h1-7H,8H2. The van der Waals surface area contributed by atoms with Crippen molar-refractivity contribution in [3.05, 3.63) is 75.1 Å². The van der Waals surface area contributed by atoms with Crippen LogP contribution in [0.1, 0.15) is 26.3 Å². The number of carbonyl (C=O) groups is 2. The van der Waals surface area contributed by atoms with Gasteiger partial charge in [-0.15, -0.1) is 0 Å². The lowest BCUT2D eigenvalue weighted by Crippen LogP contribution is -2.29. The zero-order chi connectivity index (χ0) is 15.9. The number of amides is 2. The maximum absolute atomic E-state index is 13.1. The lowest BCUT2D eigenvalue weighted by molar-refractivity contribution is -0.385. The predicted octanol–water partition coefficient (Wildman–Crippen LogP) is 2.53. The van der Waals surface area contributed by atoms with Crippen LogP contribution in [0.3, 0.4) is 0 Å². The molecule has 0 saturated carbocycles. The Labute approximate surface area is 123 Å². The molecule has 0 atom stereocenters. The predicted molar refractivity (Wildman–Crippen MR) is 73.7 cm³/mol. The molecule has 1 aliphatic rings. The second-order valence-electron chi connectivity index (χ2n) is 4.77. The highest BCUT2D eigenvalue weighted by Gasteiger charge is 2.36. The van der Waals surface area contributed by atoms with Gasteiger partial charge < -0.3 is 0 Å². The van der Waals surface area contributed by atoms with Gasteiger partial charge >= 0.3 is 0 Å². The zero-order valence-electron chi connectivity index (χ0n) is 11.2. The van der Waals surface area contributed by atoms with Crippen LogP contribution in [0.2, 0.25) is 0 Å². The van der Waals surface area contributed by atoms with Gasteiger partial charge in [-0.1, -0.05) is 12.1 Å². The van der Waals surface area contributed by atoms with E-state index in [4.69, 9.17) is 0 Å². The number of carbonyl (C=O) groups excluding carboxylic acids is 2. The van der Waals surface area contributed by atoms with E-state index in [1.807, 2.05) is 0 Å². The van der Waals surface area contributed by atoms with Crippen molar-refractivity contribution < 1.29 is 18.9 Å². The fraction of sp³-hybridized carbons (Fsp3) is 0.0667. The molecule has 1 heterocycles. The number of imide groups is 1. The van der Waals surface area contributed by atoms with Crippen LogP contribution in [0.4, 0.5) is 10.1 Å². The van der Waals surface area contributed by atoms with Crippen molar-refractivity contribution >= 4 is 17.5 Å². The van der Waals surface area contributed by atoms with Gasteiger partial charge in [0.25, 0.3) is 17.5 Å². The van der Waals surface area contributed by atoms with Crippen molar-refractivity contribution in [1.29, 1.82) is 0 Å². The fourth-order valence-electron chi connectivity index (χ4n) is 2.39. The SMILES string of the molecule is O=C1c2ccccc2C(=O)N1Cc1ccc(F)cc1[N+](=O)[O-]. The molecule has 0 bridgehead atoms. The molecule has 0 N–H and O–H groups in total. The summed E-state index contributed by atoms with van der Waals surface area (Å²) in [6.07, 6.45) is 0. The summed E-state index contributed by atoms with van der Waals surface area (Å²) in [5.41, 5.74) is 0.159. The zero-order valence-corrected chi connectivity index (χ0v) is 11.2. The van der Waals surface area contributed by atoms with Gasteiger partial charge in [0, 0.05) is 5.56 Å². The van der Waals surface area contributed by atoms with Crippen LogP contribution in [0.5, 0.6) is 0 Å². The molecular formula is C15H9FN2O4. The molecular weight excluding hydrogens is 291 g/mol. The Kier molecular flexibility index (Phi) is 3.17. The molecule has 22 heavy (non-hydrogen) atoms. The lowest BCUT2D eigenvalue weighted by atomic mass is 10.1. The normalized spacial score (nSPS) is 13.4. The molecule has 0 radical (unpaired) electrons. The lowest BCUT2D eigenvalue weighted by Gasteiger charge is -2.13. The Balaban J connectivity index is 1.98. The molecule has 110 valence electrons. The van der Waals surface area contributed by atoms with Gasteiger partial charge in [-0.05, 0) is 24.3 Å². The number of nitro benzene ring substituents is 1. The number of nitrogens with zero attached hydrogens (tertiary/aromatic N) is 2. The quantitative estimate of drug-likeness (QED) is 0.495. The first-order chi connectivity index (χ1) is 10.5. The average Bonchev–Trinajstić information content (AvgIpc) is 2.74. The third-order valence-electron chi connectivity index (χ3n) is 3.45. The Morgan fingerprint density at radius 3 is 2.18 bits per heavy atom. The highest BCUT2D eigenvalue weighted by atomic mass is 19.1. The molecule has 0 spiro atoms. The van der Waals surface area contributed by atoms with Crippen molar-refractivity contribution in [3.8, 4) is 0 Å². The Hall–Kier alpha value is -3.09. The minimum atomic E-state index is -0.752. The number of nitro groups is 1. The number of hydrogen-bond donors (Lipinski definition) is 0. The van der Waals surface area contributed by atoms with Crippen molar-refractivity contribution in [1.82, 2.24) is 4.90 Å². The third-order valence-corrected chi connectivity index (χ3v) is 3.45. The summed E-state index contributed by atoms with van der Waals surface area (Å²) in [6, 6.07) is 9.34. The third kappa shape index (κ3) is 2.12. The van der Waals surface area contributed by atoms with Crippen molar-refractivity contribution in [2.75, 3.05) is 0 Å². The van der Waals surface area contributed by atoms with Gasteiger partial charge in [0.1, 0.15) is 5.82 Å². The Bertz CT molecular complexity index is 784. The summed E-state index contributed by atoms with van der Waals surface area (Å²) in [6.45, 7) is -0.275. The molecule has 3 rings (SSSR count). The van der Waals surface area contributed by atoms with E-state index >= 15 is 0 Å². The average molecular weight is 300 g/mol. The molecule has 1 aliphatic heterocycles. The Morgan fingerprint density at radius 1 is 1.05 bits per heavy atom. The molecule has 0 saturated heterocycles. The molecule has 0 aliphatic carbocycles. The summed E-state index contributed by atoms with van der Waals surface area (Å²) in [7, 11) is 0. The minimum Gasteiger partial charge on any atom is -0.270 e. The van der Waals surface area contributed by atoms with Gasteiger partial charge in [-0.2, -0.15) is 0 Å². The van der Waals surface area contributed by atoms with E-state index in [1.165, 1.54) is 18.2 Å². The first-order valence-electron chi connectivity index (χ1n) is 6.37. The van der Waals surface area contributed by atoms with Gasteiger partial charge in [0.05, 0.1) is 28.7 Å². The number of fused-ring (bicyclic) bond motifs is 1. The molecule has 2 aromatic carbocycles. The molecule has 7 heteroatoms. The van der Waals surface area contributed by atoms with Crippen molar-refractivity contribution in [3.63, 3.8) is 0 Å². The van der Waals surface area contributed by atoms with E-state index in [1.54, 1.807) is 12.1 Å². The van der Waals surface area contributed by atoms with Gasteiger partial charge in [0.2, 0.25) is 0 Å². The van der Waals surface area contributed by atoms with Crippen LogP contribution >= 0.6 is 0 Å². The maximum Gasteiger partial charge on any atom is 0.277 e. The second-order valence-corrected chi connectivity index (χ2v) is 4.77. The molecule has 2 amide bonds. The minimum absolute atomic E-state index is 0.0981. The van der Waals surface area contributed by atoms with E-state index < -0.39 is 28.2 Å². The molecule has 2 aromatic rings. The molecule has 0 fully saturated rings. The summed E-state index contributed by atoms with van der Waals surface area (Å²) in [5, 5.41) is 11.0. The summed E-state index contributed by atoms with van der Waals surface area (Å²) in [4.78, 5) is 35.6. The van der Waals surface area contributed by atoms with Crippen LogP contribution in [0, 0.1) is 15.9 Å². The fourth-order valence-corrected chi connectivity index (χ4v) is 2.39. The van der Waals surface area contributed by atoms with E-state index in [9.17, 15) is 24.1 Å². The van der Waals surface area contributed by atoms with Crippen LogP contribution in [-0.4, -0.2) is 21.6 Å². The summed E-state index contributed by atoms with van der Waals surface area (Å²) < 4.78 is 13.1. The van der Waals surface area contributed by atoms with Gasteiger partial charge in [-0.25, -0.2) is 4.39 Å². The van der Waals surface area contributed by atoms with Crippen LogP contribution in [0.25, 0.3) is 0 Å². The second kappa shape index (κ2) is 5.03. The smallest absolute Gasteiger partial charge is 0.270 e. The van der Waals surface area contributed by atoms with E-state index in [2.05, 4.69) is 0 Å². The summed E-state index contributed by atoms with van der Waals surface area (Å²) in [5.74, 6) is -1.78. The van der Waals surface area contributed by atoms with Crippen LogP contribution in [-0.2, 0) is 6.54 Å². The summed E-state index contributed by atoms with van der Waals surface area (Å²) >= 11 is 0. The van der Waals surface area contributed by atoms with Gasteiger partial charge in [-0.3, -0.25) is 24.6 Å². The molecule has 0 aromatic heterocycles. The molecule has 6 nitrogen and oxygen atoms in total. The highest BCUT2D eigenvalue weighted by molar-refractivity contribution is 6.21. The number of hydrogen-bond acceptors (Lipinski definition) is 4. The first-order valence-corrected chi connectivity index (χ1v) is 6.37. The van der Waals surface area contributed by atoms with E-state index in [0.717, 1.165) is 17.0 Å². The topological polar surface area (TPSA) is 80.5 Å². The van der Waals surface area contributed by atoms with Crippen LogP contribution in [0.15, 0.2) is 42.5 Å². The van der Waals surface area contributed by atoms with Crippen molar-refractivity contribution in [2.45, 2.75) is 6.54 Å². The van der Waals surface area contributed by atoms with E-state index in [0.29, 0.717) is 0 Å². The largest absolute Gasteiger partial charge is 0.277 e. The Morgan fingerprint density at radius 2 is 1.64 bits per heavy atom. The monoisotopic (exact) mass is 300 g/mol. The van der Waals surface area contributed by atoms with E-state index in [-0.39, 0.29) is 23.2 Å². The highest BCUT2D eigenvalue weighted by Crippen LogP contribution is 2.27.